The standard InChI is InChI=1S/C42H62N2O4S/c1-28(2)31-16-21-42(43-24-26-44-25-8-9-27-49(44,47)48)23-22-40(6)33(36(31)42)14-15-35-39(5)19-17-32(29-10-12-30(13-11-29)37(45)46)38(3,4)34(39)18-20-41(35,40)7/h10-13,17,31,33-36,43H,1,8-9,14-16,18-27H2,2-7H3,(H,45,46)/t31-,33+,34?,35?,36?,39-,40+,41+,42-/m0/s1. The van der Waals surface area contributed by atoms with Gasteiger partial charge in [0.1, 0.15) is 0 Å². The van der Waals surface area contributed by atoms with Crippen LogP contribution < -0.4 is 5.32 Å². The molecule has 1 heterocycles. The van der Waals surface area contributed by atoms with E-state index in [9.17, 15) is 18.3 Å². The SMILES string of the molecule is C=C(C)[C@@H]1CC[C@]2(NCCN3CCCCS3(=O)=O)CC[C@]3(C)[C@H](CCC4[C@@]5(C)CC=C(c6ccc(C(=O)O)cc6)C(C)(C)C5CC[C@]43C)C12. The van der Waals surface area contributed by atoms with Crippen molar-refractivity contribution in [3.05, 3.63) is 53.6 Å². The molecule has 0 radical (unpaired) electrons. The summed E-state index contributed by atoms with van der Waals surface area (Å²) in [6.07, 6.45) is 15.2. The maximum atomic E-state index is 12.8. The highest BCUT2D eigenvalue weighted by molar-refractivity contribution is 7.89. The molecule has 0 aromatic heterocycles. The van der Waals surface area contributed by atoms with E-state index in [-0.39, 0.29) is 27.2 Å². The number of benzene rings is 1. The maximum absolute atomic E-state index is 12.8. The van der Waals surface area contributed by atoms with Gasteiger partial charge in [-0.05, 0) is 152 Å². The van der Waals surface area contributed by atoms with Crippen LogP contribution in [0, 0.1) is 51.2 Å². The van der Waals surface area contributed by atoms with Crippen molar-refractivity contribution < 1.29 is 18.3 Å². The number of carboxylic acids is 1. The van der Waals surface area contributed by atoms with E-state index in [1.807, 2.05) is 12.1 Å². The van der Waals surface area contributed by atoms with Crippen LogP contribution in [-0.2, 0) is 10.0 Å². The molecule has 49 heavy (non-hydrogen) atoms. The second-order valence-electron chi connectivity index (χ2n) is 18.6. The Kier molecular flexibility index (Phi) is 8.72. The molecule has 0 amide bonds. The first kappa shape index (κ1) is 35.4. The van der Waals surface area contributed by atoms with Crippen molar-refractivity contribution in [2.45, 2.75) is 118 Å². The van der Waals surface area contributed by atoms with Gasteiger partial charge >= 0.3 is 5.97 Å². The van der Waals surface area contributed by atoms with Crippen LogP contribution in [0.25, 0.3) is 5.57 Å². The zero-order valence-corrected chi connectivity index (χ0v) is 31.9. The summed E-state index contributed by atoms with van der Waals surface area (Å²) in [5.41, 5.74) is 5.02. The Bertz CT molecular complexity index is 1630. The Morgan fingerprint density at radius 3 is 2.35 bits per heavy atom. The predicted octanol–water partition coefficient (Wildman–Crippen LogP) is 8.80. The van der Waals surface area contributed by atoms with E-state index in [4.69, 9.17) is 0 Å². The monoisotopic (exact) mass is 690 g/mol. The molecule has 1 aromatic rings. The molecule has 7 rings (SSSR count). The molecule has 4 saturated carbocycles. The van der Waals surface area contributed by atoms with Crippen LogP contribution in [0.3, 0.4) is 0 Å². The van der Waals surface area contributed by atoms with Gasteiger partial charge in [-0.25, -0.2) is 17.5 Å². The average molecular weight is 691 g/mol. The largest absolute Gasteiger partial charge is 0.478 e. The lowest BCUT2D eigenvalue weighted by Gasteiger charge is -2.72. The van der Waals surface area contributed by atoms with E-state index in [0.717, 1.165) is 25.8 Å². The zero-order chi connectivity index (χ0) is 35.2. The van der Waals surface area contributed by atoms with Gasteiger partial charge in [-0.1, -0.05) is 65.0 Å². The lowest BCUT2D eigenvalue weighted by Crippen LogP contribution is -2.68. The van der Waals surface area contributed by atoms with Crippen molar-refractivity contribution in [3.63, 3.8) is 0 Å². The minimum absolute atomic E-state index is 0.000793. The Hall–Kier alpha value is -1.96. The fourth-order valence-electron chi connectivity index (χ4n) is 13.9. The van der Waals surface area contributed by atoms with Gasteiger partial charge in [0.25, 0.3) is 0 Å². The van der Waals surface area contributed by atoms with Crippen LogP contribution in [0.1, 0.15) is 128 Å². The minimum atomic E-state index is -3.12. The first-order chi connectivity index (χ1) is 23.0. The molecular formula is C42H62N2O4S. The maximum Gasteiger partial charge on any atom is 0.335 e. The summed E-state index contributed by atoms with van der Waals surface area (Å²) in [7, 11) is -3.12. The van der Waals surface area contributed by atoms with Crippen molar-refractivity contribution in [1.82, 2.24) is 9.62 Å². The third kappa shape index (κ3) is 5.28. The number of carboxylic acid groups (broad SMARTS) is 1. The van der Waals surface area contributed by atoms with Crippen molar-refractivity contribution in [2.24, 2.45) is 51.2 Å². The number of sulfonamides is 1. The van der Waals surface area contributed by atoms with Gasteiger partial charge in [-0.15, -0.1) is 0 Å². The molecule has 7 heteroatoms. The summed E-state index contributed by atoms with van der Waals surface area (Å²) in [4.78, 5) is 11.5. The zero-order valence-electron chi connectivity index (χ0n) is 31.1. The number of nitrogens with zero attached hydrogens (tertiary/aromatic N) is 1. The van der Waals surface area contributed by atoms with Crippen molar-refractivity contribution in [2.75, 3.05) is 25.4 Å². The van der Waals surface area contributed by atoms with Crippen molar-refractivity contribution in [3.8, 4) is 0 Å². The fraction of sp³-hybridized carbons (Fsp3) is 0.738. The molecule has 6 nitrogen and oxygen atoms in total. The molecular weight excluding hydrogens is 629 g/mol. The van der Waals surface area contributed by atoms with Gasteiger partial charge in [-0.3, -0.25) is 0 Å². The summed E-state index contributed by atoms with van der Waals surface area (Å²) in [5.74, 6) is 2.36. The molecule has 270 valence electrons. The molecule has 1 aliphatic heterocycles. The number of aromatic carboxylic acids is 1. The molecule has 5 fully saturated rings. The number of fused-ring (bicyclic) bond motifs is 7. The quantitative estimate of drug-likeness (QED) is 0.280. The number of allylic oxidation sites excluding steroid dienone is 3. The number of hydrogen-bond acceptors (Lipinski definition) is 4. The first-order valence-corrected chi connectivity index (χ1v) is 21.0. The lowest BCUT2D eigenvalue weighted by molar-refractivity contribution is -0.219. The van der Waals surface area contributed by atoms with Crippen LogP contribution in [-0.4, -0.2) is 54.7 Å². The predicted molar refractivity (Wildman–Crippen MR) is 199 cm³/mol. The third-order valence-electron chi connectivity index (χ3n) is 16.4. The summed E-state index contributed by atoms with van der Waals surface area (Å²) >= 11 is 0. The number of nitrogens with one attached hydrogen (secondary N) is 1. The first-order valence-electron chi connectivity index (χ1n) is 19.4. The van der Waals surface area contributed by atoms with Crippen molar-refractivity contribution in [1.29, 1.82) is 0 Å². The average Bonchev–Trinajstić information content (AvgIpc) is 3.42. The summed E-state index contributed by atoms with van der Waals surface area (Å²) in [6.45, 7) is 21.7. The Labute approximate surface area is 296 Å². The Morgan fingerprint density at radius 2 is 1.67 bits per heavy atom. The second-order valence-corrected chi connectivity index (χ2v) is 20.7. The van der Waals surface area contributed by atoms with E-state index < -0.39 is 16.0 Å². The number of hydrogen-bond donors (Lipinski definition) is 2. The molecule has 9 atom stereocenters. The van der Waals surface area contributed by atoms with Crippen LogP contribution in [0.4, 0.5) is 0 Å². The smallest absolute Gasteiger partial charge is 0.335 e. The summed E-state index contributed by atoms with van der Waals surface area (Å²) in [6, 6.07) is 7.56. The highest BCUT2D eigenvalue weighted by Crippen LogP contribution is 2.76. The Balaban J connectivity index is 1.16. The topological polar surface area (TPSA) is 86.7 Å². The third-order valence-corrected chi connectivity index (χ3v) is 18.3. The van der Waals surface area contributed by atoms with Gasteiger partial charge in [0.05, 0.1) is 11.3 Å². The Morgan fingerprint density at radius 1 is 0.939 bits per heavy atom. The van der Waals surface area contributed by atoms with Crippen LogP contribution >= 0.6 is 0 Å². The van der Waals surface area contributed by atoms with Crippen LogP contribution in [0.15, 0.2) is 42.5 Å². The van der Waals surface area contributed by atoms with Gasteiger partial charge in [0, 0.05) is 25.2 Å². The fourth-order valence-corrected chi connectivity index (χ4v) is 15.5. The molecule has 0 bridgehead atoms. The molecule has 6 aliphatic rings. The molecule has 1 aromatic carbocycles. The number of carbonyl (C=O) groups is 1. The van der Waals surface area contributed by atoms with E-state index in [1.165, 1.54) is 68.1 Å². The summed E-state index contributed by atoms with van der Waals surface area (Å²) in [5, 5.41) is 13.6. The van der Waals surface area contributed by atoms with Crippen LogP contribution in [0.5, 0.6) is 0 Å². The summed E-state index contributed by atoms with van der Waals surface area (Å²) < 4.78 is 27.3. The normalized spacial score (nSPS) is 42.6. The highest BCUT2D eigenvalue weighted by atomic mass is 32.2. The van der Waals surface area contributed by atoms with Crippen molar-refractivity contribution >= 4 is 21.6 Å². The van der Waals surface area contributed by atoms with Gasteiger partial charge in [-0.2, -0.15) is 0 Å². The van der Waals surface area contributed by atoms with Gasteiger partial charge < -0.3 is 10.4 Å². The van der Waals surface area contributed by atoms with E-state index >= 15 is 0 Å². The van der Waals surface area contributed by atoms with Gasteiger partial charge in [0.15, 0.2) is 0 Å². The van der Waals surface area contributed by atoms with E-state index in [2.05, 4.69) is 59.5 Å². The highest BCUT2D eigenvalue weighted by Gasteiger charge is 2.70. The minimum Gasteiger partial charge on any atom is -0.478 e. The molecule has 5 aliphatic carbocycles. The second kappa shape index (κ2) is 12.0. The molecule has 1 saturated heterocycles. The van der Waals surface area contributed by atoms with E-state index in [0.29, 0.717) is 54.0 Å². The molecule has 0 spiro atoms. The molecule has 3 unspecified atom stereocenters. The molecule has 2 N–H and O–H groups in total. The van der Waals surface area contributed by atoms with Gasteiger partial charge in [0.2, 0.25) is 10.0 Å². The van der Waals surface area contributed by atoms with Crippen LogP contribution in [0.2, 0.25) is 0 Å². The number of rotatable bonds is 7. The van der Waals surface area contributed by atoms with E-state index in [1.54, 1.807) is 16.4 Å². The lowest BCUT2D eigenvalue weighted by atomic mass is 9.33.